The van der Waals surface area contributed by atoms with Crippen molar-refractivity contribution in [3.8, 4) is 44.5 Å². The molecular weight excluding hydrogens is 601 g/mol. The molecule has 0 N–H and O–H groups in total. The maximum absolute atomic E-state index is 2.45. The quantitative estimate of drug-likeness (QED) is 0.134. The van der Waals surface area contributed by atoms with E-state index in [4.69, 9.17) is 0 Å². The Labute approximate surface area is 291 Å². The Kier molecular flexibility index (Phi) is 6.60. The summed E-state index contributed by atoms with van der Waals surface area (Å²) in [6.45, 7) is 0. The maximum atomic E-state index is 2.45. The van der Waals surface area contributed by atoms with Crippen LogP contribution < -0.4 is 0 Å². The largest absolute Gasteiger partial charge is 0.0622 e. The van der Waals surface area contributed by atoms with Crippen LogP contribution in [0.3, 0.4) is 0 Å². The van der Waals surface area contributed by atoms with Crippen LogP contribution in [0.5, 0.6) is 0 Å². The van der Waals surface area contributed by atoms with Gasteiger partial charge in [0.1, 0.15) is 0 Å². The van der Waals surface area contributed by atoms with Gasteiger partial charge in [0.25, 0.3) is 0 Å². The molecule has 50 heavy (non-hydrogen) atoms. The highest BCUT2D eigenvalue weighted by atomic mass is 14.2. The van der Waals surface area contributed by atoms with E-state index >= 15 is 0 Å². The Bertz CT molecular complexity index is 2910. The van der Waals surface area contributed by atoms with E-state index in [-0.39, 0.29) is 0 Å². The van der Waals surface area contributed by atoms with E-state index in [1.54, 1.807) is 0 Å². The molecule has 0 nitrogen and oxygen atoms in total. The van der Waals surface area contributed by atoms with Crippen LogP contribution in [-0.2, 0) is 0 Å². The zero-order valence-electron chi connectivity index (χ0n) is 27.5. The molecule has 0 heteroatoms. The molecule has 10 rings (SSSR count). The van der Waals surface area contributed by atoms with E-state index in [9.17, 15) is 0 Å². The lowest BCUT2D eigenvalue weighted by Crippen LogP contribution is -1.92. The molecule has 10 aromatic rings. The number of rotatable bonds is 4. The van der Waals surface area contributed by atoms with Gasteiger partial charge in [-0.3, -0.25) is 0 Å². The molecule has 0 aliphatic carbocycles. The molecule has 0 aromatic heterocycles. The molecule has 0 fully saturated rings. The van der Waals surface area contributed by atoms with Gasteiger partial charge in [0, 0.05) is 0 Å². The Hall–Kier alpha value is -6.50. The van der Waals surface area contributed by atoms with Crippen molar-refractivity contribution in [1.29, 1.82) is 0 Å². The zero-order chi connectivity index (χ0) is 33.0. The van der Waals surface area contributed by atoms with E-state index in [0.717, 1.165) is 0 Å². The highest BCUT2D eigenvalue weighted by Gasteiger charge is 2.19. The Morgan fingerprint density at radius 3 is 1.52 bits per heavy atom. The topological polar surface area (TPSA) is 0 Å². The van der Waals surface area contributed by atoms with Crippen molar-refractivity contribution in [2.45, 2.75) is 0 Å². The second-order valence-corrected chi connectivity index (χ2v) is 13.2. The molecule has 0 amide bonds. The molecule has 0 unspecified atom stereocenters. The van der Waals surface area contributed by atoms with Crippen molar-refractivity contribution < 1.29 is 0 Å². The molecular formula is C50H32. The molecule has 0 aliphatic heterocycles. The van der Waals surface area contributed by atoms with Crippen molar-refractivity contribution in [2.75, 3.05) is 0 Å². The minimum atomic E-state index is 1.22. The third kappa shape index (κ3) is 4.54. The van der Waals surface area contributed by atoms with Gasteiger partial charge >= 0.3 is 0 Å². The zero-order valence-corrected chi connectivity index (χ0v) is 27.5. The third-order valence-electron chi connectivity index (χ3n) is 10.4. The maximum Gasteiger partial charge on any atom is -0.00259 e. The highest BCUT2D eigenvalue weighted by Crippen LogP contribution is 2.46. The summed E-state index contributed by atoms with van der Waals surface area (Å²) in [6.07, 6.45) is 0. The first-order valence-corrected chi connectivity index (χ1v) is 17.4. The van der Waals surface area contributed by atoms with Gasteiger partial charge in [-0.15, -0.1) is 0 Å². The third-order valence-corrected chi connectivity index (χ3v) is 10.4. The molecule has 0 atom stereocenters. The van der Waals surface area contributed by atoms with Crippen LogP contribution in [0.25, 0.3) is 98.4 Å². The highest BCUT2D eigenvalue weighted by molar-refractivity contribution is 6.23. The van der Waals surface area contributed by atoms with Crippen molar-refractivity contribution in [2.24, 2.45) is 0 Å². The predicted octanol–water partition coefficient (Wildman–Crippen LogP) is 14.1. The lowest BCUT2D eigenvalue weighted by atomic mass is 9.83. The number of benzene rings is 10. The molecule has 10 aromatic carbocycles. The van der Waals surface area contributed by atoms with E-state index in [1.165, 1.54) is 98.4 Å². The second-order valence-electron chi connectivity index (χ2n) is 13.2. The number of fused-ring (bicyclic) bond motifs is 6. The first-order chi connectivity index (χ1) is 24.8. The summed E-state index contributed by atoms with van der Waals surface area (Å²) >= 11 is 0. The van der Waals surface area contributed by atoms with Crippen LogP contribution in [0, 0.1) is 0 Å². The van der Waals surface area contributed by atoms with Crippen LogP contribution in [0.15, 0.2) is 194 Å². The van der Waals surface area contributed by atoms with Crippen LogP contribution in [0.2, 0.25) is 0 Å². The monoisotopic (exact) mass is 632 g/mol. The molecule has 0 aliphatic rings. The average molecular weight is 633 g/mol. The van der Waals surface area contributed by atoms with Gasteiger partial charge in [-0.2, -0.15) is 0 Å². The van der Waals surface area contributed by atoms with Crippen LogP contribution >= 0.6 is 0 Å². The number of hydrogen-bond acceptors (Lipinski definition) is 0. The lowest BCUT2D eigenvalue weighted by Gasteiger charge is -2.20. The molecule has 0 heterocycles. The molecule has 0 saturated heterocycles. The lowest BCUT2D eigenvalue weighted by molar-refractivity contribution is 1.63. The van der Waals surface area contributed by atoms with Crippen LogP contribution in [0.1, 0.15) is 0 Å². The van der Waals surface area contributed by atoms with E-state index < -0.39 is 0 Å². The summed E-state index contributed by atoms with van der Waals surface area (Å²) in [5, 5.41) is 12.7. The van der Waals surface area contributed by atoms with Gasteiger partial charge in [-0.1, -0.05) is 176 Å². The van der Waals surface area contributed by atoms with Crippen LogP contribution in [-0.4, -0.2) is 0 Å². The molecule has 0 radical (unpaired) electrons. The van der Waals surface area contributed by atoms with E-state index in [1.807, 2.05) is 0 Å². The van der Waals surface area contributed by atoms with Gasteiger partial charge in [0.2, 0.25) is 0 Å². The summed E-state index contributed by atoms with van der Waals surface area (Å²) in [6, 6.07) is 71.4. The first-order valence-electron chi connectivity index (χ1n) is 17.4. The van der Waals surface area contributed by atoms with E-state index in [2.05, 4.69) is 194 Å². The van der Waals surface area contributed by atoms with Crippen LogP contribution in [0.4, 0.5) is 0 Å². The Morgan fingerprint density at radius 1 is 0.200 bits per heavy atom. The summed E-state index contributed by atoms with van der Waals surface area (Å²) < 4.78 is 0. The first kappa shape index (κ1) is 28.5. The summed E-state index contributed by atoms with van der Waals surface area (Å²) in [7, 11) is 0. The van der Waals surface area contributed by atoms with Gasteiger partial charge in [-0.25, -0.2) is 0 Å². The molecule has 0 saturated carbocycles. The van der Waals surface area contributed by atoms with Crippen molar-refractivity contribution in [1.82, 2.24) is 0 Å². The smallest absolute Gasteiger partial charge is 0.00259 e. The van der Waals surface area contributed by atoms with E-state index in [0.29, 0.717) is 0 Å². The van der Waals surface area contributed by atoms with Gasteiger partial charge in [0.15, 0.2) is 0 Å². The average Bonchev–Trinajstić information content (AvgIpc) is 3.19. The SMILES string of the molecule is c1ccc(-c2c3ccccc3c(-c3cccc(-c4cccc5ccccc45)c3)c3cc(-c4cc5ccccc5c5ccccc45)ccc23)cc1. The fourth-order valence-electron chi connectivity index (χ4n) is 8.19. The number of hydrogen-bond donors (Lipinski definition) is 0. The van der Waals surface area contributed by atoms with Gasteiger partial charge in [0.05, 0.1) is 0 Å². The Morgan fingerprint density at radius 2 is 0.720 bits per heavy atom. The standard InChI is InChI=1S/C50H32/c1-2-15-34(16-3-1)49-44-25-10-11-26-45(44)50(38-20-12-19-35(30-38)40-27-13-18-33-14-4-6-21-39(33)40)48-32-37(28-29-46(48)49)47-31-36-17-5-7-22-41(36)42-23-8-9-24-43(42)47/h1-32H. The Balaban J connectivity index is 1.31. The summed E-state index contributed by atoms with van der Waals surface area (Å²) in [5.41, 5.74) is 9.95. The van der Waals surface area contributed by atoms with Gasteiger partial charge < -0.3 is 0 Å². The van der Waals surface area contributed by atoms with Crippen molar-refractivity contribution in [3.05, 3.63) is 194 Å². The second kappa shape index (κ2) is 11.6. The molecule has 0 bridgehead atoms. The minimum Gasteiger partial charge on any atom is -0.0622 e. The summed E-state index contributed by atoms with van der Waals surface area (Å²) in [5.74, 6) is 0. The van der Waals surface area contributed by atoms with Gasteiger partial charge in [-0.05, 0) is 117 Å². The molecule has 0 spiro atoms. The fourth-order valence-corrected chi connectivity index (χ4v) is 8.19. The minimum absolute atomic E-state index is 1.22. The fraction of sp³-hybridized carbons (Fsp3) is 0. The van der Waals surface area contributed by atoms with Crippen molar-refractivity contribution >= 4 is 53.9 Å². The summed E-state index contributed by atoms with van der Waals surface area (Å²) in [4.78, 5) is 0. The normalized spacial score (nSPS) is 11.6. The van der Waals surface area contributed by atoms with Crippen molar-refractivity contribution in [3.63, 3.8) is 0 Å². The predicted molar refractivity (Wildman–Crippen MR) is 216 cm³/mol. The molecule has 232 valence electrons.